The number of fused-ring (bicyclic) bond motifs is 1. The molecule has 0 amide bonds. The average molecular weight is 269 g/mol. The smallest absolute Gasteiger partial charge is 0.0591 e. The first-order valence-electron chi connectivity index (χ1n) is 6.78. The number of methoxy groups -OCH3 is 1. The van der Waals surface area contributed by atoms with Crippen LogP contribution in [0.3, 0.4) is 0 Å². The van der Waals surface area contributed by atoms with E-state index in [1.165, 1.54) is 24.1 Å². The van der Waals surface area contributed by atoms with E-state index in [0.29, 0.717) is 0 Å². The minimum Gasteiger partial charge on any atom is -0.385 e. The number of ether oxygens (including phenoxy) is 2. The molecular formula is C14H23NO2S. The molecule has 0 saturated carbocycles. The fourth-order valence-corrected chi connectivity index (χ4v) is 3.47. The van der Waals surface area contributed by atoms with Gasteiger partial charge < -0.3 is 14.8 Å². The van der Waals surface area contributed by atoms with Crippen molar-refractivity contribution >= 4 is 11.3 Å². The quantitative estimate of drug-likeness (QED) is 0.698. The van der Waals surface area contributed by atoms with Gasteiger partial charge in [-0.05, 0) is 37.3 Å². The molecule has 1 aromatic rings. The van der Waals surface area contributed by atoms with Crippen LogP contribution in [0.2, 0.25) is 0 Å². The number of aryl methyl sites for hydroxylation is 2. The average Bonchev–Trinajstić information content (AvgIpc) is 2.93. The Morgan fingerprint density at radius 3 is 3.06 bits per heavy atom. The summed E-state index contributed by atoms with van der Waals surface area (Å²) in [5.74, 6) is 0. The summed E-state index contributed by atoms with van der Waals surface area (Å²) in [6, 6.07) is 2.37. The van der Waals surface area contributed by atoms with Gasteiger partial charge in [-0.15, -0.1) is 11.3 Å². The molecule has 0 radical (unpaired) electrons. The predicted molar refractivity (Wildman–Crippen MR) is 75.4 cm³/mol. The van der Waals surface area contributed by atoms with Crippen LogP contribution >= 0.6 is 11.3 Å². The third kappa shape index (κ3) is 4.35. The molecule has 0 aromatic carbocycles. The maximum atomic E-state index is 5.50. The van der Waals surface area contributed by atoms with E-state index in [-0.39, 0.29) is 0 Å². The van der Waals surface area contributed by atoms with E-state index in [9.17, 15) is 0 Å². The first kappa shape index (κ1) is 14.0. The lowest BCUT2D eigenvalue weighted by Crippen LogP contribution is -2.19. The zero-order chi connectivity index (χ0) is 12.6. The van der Waals surface area contributed by atoms with Crippen molar-refractivity contribution in [2.75, 3.05) is 33.5 Å². The second-order valence-electron chi connectivity index (χ2n) is 4.65. The molecule has 1 heterocycles. The highest BCUT2D eigenvalue weighted by molar-refractivity contribution is 7.12. The lowest BCUT2D eigenvalue weighted by atomic mass is 10.2. The third-order valence-corrected chi connectivity index (χ3v) is 4.39. The molecular weight excluding hydrogens is 246 g/mol. The lowest BCUT2D eigenvalue weighted by molar-refractivity contribution is 0.104. The predicted octanol–water partition coefficient (Wildman–Crippen LogP) is 2.38. The maximum Gasteiger partial charge on any atom is 0.0591 e. The zero-order valence-electron chi connectivity index (χ0n) is 11.2. The molecule has 1 N–H and O–H groups in total. The Kier molecular flexibility index (Phi) is 6.14. The van der Waals surface area contributed by atoms with Gasteiger partial charge in [-0.25, -0.2) is 0 Å². The Labute approximate surface area is 113 Å². The van der Waals surface area contributed by atoms with E-state index in [0.717, 1.165) is 39.3 Å². The Morgan fingerprint density at radius 2 is 2.22 bits per heavy atom. The Bertz CT molecular complexity index is 330. The zero-order valence-corrected chi connectivity index (χ0v) is 12.0. The Hall–Kier alpha value is -0.420. The van der Waals surface area contributed by atoms with E-state index in [2.05, 4.69) is 11.4 Å². The van der Waals surface area contributed by atoms with Crippen molar-refractivity contribution in [1.29, 1.82) is 0 Å². The van der Waals surface area contributed by atoms with Crippen LogP contribution < -0.4 is 5.32 Å². The first-order valence-corrected chi connectivity index (χ1v) is 7.59. The van der Waals surface area contributed by atoms with Crippen molar-refractivity contribution < 1.29 is 9.47 Å². The molecule has 3 nitrogen and oxygen atoms in total. The monoisotopic (exact) mass is 269 g/mol. The fraction of sp³-hybridized carbons (Fsp3) is 0.714. The fourth-order valence-electron chi connectivity index (χ4n) is 2.24. The second-order valence-corrected chi connectivity index (χ2v) is 5.87. The van der Waals surface area contributed by atoms with Crippen LogP contribution in [-0.4, -0.2) is 33.5 Å². The summed E-state index contributed by atoms with van der Waals surface area (Å²) >= 11 is 1.98. The second kappa shape index (κ2) is 7.89. The molecule has 1 aliphatic carbocycles. The normalized spacial score (nSPS) is 14.1. The number of hydrogen-bond donors (Lipinski definition) is 1. The van der Waals surface area contributed by atoms with Crippen LogP contribution in [-0.2, 0) is 28.9 Å². The van der Waals surface area contributed by atoms with Gasteiger partial charge in [0, 0.05) is 43.2 Å². The molecule has 0 aliphatic heterocycles. The molecule has 0 spiro atoms. The number of nitrogens with one attached hydrogen (secondary N) is 1. The molecule has 0 saturated heterocycles. The summed E-state index contributed by atoms with van der Waals surface area (Å²) in [5, 5.41) is 3.44. The van der Waals surface area contributed by atoms with Crippen LogP contribution in [0.4, 0.5) is 0 Å². The molecule has 2 rings (SSSR count). The highest BCUT2D eigenvalue weighted by atomic mass is 32.1. The van der Waals surface area contributed by atoms with Gasteiger partial charge in [0.05, 0.1) is 6.61 Å². The number of thiophene rings is 1. The van der Waals surface area contributed by atoms with Crippen LogP contribution in [0.5, 0.6) is 0 Å². The van der Waals surface area contributed by atoms with Crippen molar-refractivity contribution in [1.82, 2.24) is 5.32 Å². The molecule has 4 heteroatoms. The molecule has 0 fully saturated rings. The van der Waals surface area contributed by atoms with Gasteiger partial charge in [-0.1, -0.05) is 0 Å². The molecule has 0 unspecified atom stereocenters. The molecule has 0 bridgehead atoms. The maximum absolute atomic E-state index is 5.50. The first-order chi connectivity index (χ1) is 8.90. The van der Waals surface area contributed by atoms with Gasteiger partial charge in [-0.2, -0.15) is 0 Å². The van der Waals surface area contributed by atoms with Crippen LogP contribution in [0, 0.1) is 0 Å². The number of hydrogen-bond acceptors (Lipinski definition) is 4. The Balaban J connectivity index is 1.50. The summed E-state index contributed by atoms with van der Waals surface area (Å²) < 4.78 is 10.5. The van der Waals surface area contributed by atoms with E-state index >= 15 is 0 Å². The van der Waals surface area contributed by atoms with E-state index in [4.69, 9.17) is 9.47 Å². The van der Waals surface area contributed by atoms with Gasteiger partial charge in [0.1, 0.15) is 0 Å². The Morgan fingerprint density at radius 1 is 1.28 bits per heavy atom. The molecule has 0 atom stereocenters. The van der Waals surface area contributed by atoms with Crippen molar-refractivity contribution in [3.8, 4) is 0 Å². The minimum absolute atomic E-state index is 0.786. The topological polar surface area (TPSA) is 30.5 Å². The van der Waals surface area contributed by atoms with Crippen molar-refractivity contribution in [3.05, 3.63) is 21.4 Å². The standard InChI is InChI=1S/C14H23NO2S/c1-16-7-3-8-17-9-6-15-11-13-10-12-4-2-5-14(12)18-13/h10,15H,2-9,11H2,1H3. The molecule has 1 aliphatic rings. The molecule has 1 aromatic heterocycles. The van der Waals surface area contributed by atoms with Crippen LogP contribution in [0.15, 0.2) is 6.07 Å². The highest BCUT2D eigenvalue weighted by Crippen LogP contribution is 2.30. The molecule has 102 valence electrons. The van der Waals surface area contributed by atoms with E-state index in [1.54, 1.807) is 17.6 Å². The lowest BCUT2D eigenvalue weighted by Gasteiger charge is -2.05. The summed E-state index contributed by atoms with van der Waals surface area (Å²) in [7, 11) is 1.72. The van der Waals surface area contributed by atoms with Crippen molar-refractivity contribution in [3.63, 3.8) is 0 Å². The molecule has 18 heavy (non-hydrogen) atoms. The number of rotatable bonds is 9. The van der Waals surface area contributed by atoms with Crippen LogP contribution in [0.1, 0.15) is 28.2 Å². The largest absolute Gasteiger partial charge is 0.385 e. The van der Waals surface area contributed by atoms with Gasteiger partial charge in [-0.3, -0.25) is 0 Å². The third-order valence-electron chi connectivity index (χ3n) is 3.16. The van der Waals surface area contributed by atoms with Gasteiger partial charge >= 0.3 is 0 Å². The van der Waals surface area contributed by atoms with Gasteiger partial charge in [0.15, 0.2) is 0 Å². The summed E-state index contributed by atoms with van der Waals surface area (Å²) in [6.45, 7) is 4.28. The van der Waals surface area contributed by atoms with E-state index in [1.807, 2.05) is 11.3 Å². The van der Waals surface area contributed by atoms with Crippen molar-refractivity contribution in [2.24, 2.45) is 0 Å². The summed E-state index contributed by atoms with van der Waals surface area (Å²) in [6.07, 6.45) is 4.91. The summed E-state index contributed by atoms with van der Waals surface area (Å²) in [4.78, 5) is 3.08. The van der Waals surface area contributed by atoms with Crippen LogP contribution in [0.25, 0.3) is 0 Å². The van der Waals surface area contributed by atoms with Gasteiger partial charge in [0.2, 0.25) is 0 Å². The van der Waals surface area contributed by atoms with Crippen molar-refractivity contribution in [2.45, 2.75) is 32.2 Å². The highest BCUT2D eigenvalue weighted by Gasteiger charge is 2.14. The SMILES string of the molecule is COCCCOCCNCc1cc2c(s1)CCC2. The minimum atomic E-state index is 0.786. The van der Waals surface area contributed by atoms with E-state index < -0.39 is 0 Å². The van der Waals surface area contributed by atoms with Gasteiger partial charge in [0.25, 0.3) is 0 Å². The summed E-state index contributed by atoms with van der Waals surface area (Å²) in [5.41, 5.74) is 1.59.